The van der Waals surface area contributed by atoms with Gasteiger partial charge in [0.15, 0.2) is 11.9 Å². The summed E-state index contributed by atoms with van der Waals surface area (Å²) in [7, 11) is 2.04. The standard InChI is InChI=1S/C28H39N7O4/c1-17(2)20-6-5-7-22(14-20)38-18(3)26-31-32-27(34(26)4)19-8-10-21(11-9-19)35-15-24(30-33-35)25-13-12-23(16-37-25)39-28(29)36/h5-7,14-15,17-19,21,23,25H,8-13,16H2,1-4H3,(H2,29,36)/t18?,19?,21?,23-,25+/m1/s1. The predicted molar refractivity (Wildman–Crippen MR) is 143 cm³/mol. The summed E-state index contributed by atoms with van der Waals surface area (Å²) >= 11 is 0. The summed E-state index contributed by atoms with van der Waals surface area (Å²) in [5.41, 5.74) is 7.18. The van der Waals surface area contributed by atoms with Crippen molar-refractivity contribution in [1.29, 1.82) is 0 Å². The van der Waals surface area contributed by atoms with Crippen molar-refractivity contribution in [2.24, 2.45) is 12.8 Å². The second-order valence-corrected chi connectivity index (χ2v) is 11.0. The molecule has 3 aromatic rings. The zero-order valence-corrected chi connectivity index (χ0v) is 23.2. The van der Waals surface area contributed by atoms with Gasteiger partial charge in [-0.1, -0.05) is 31.2 Å². The first kappa shape index (κ1) is 27.1. The minimum atomic E-state index is -0.767. The normalized spacial score (nSPS) is 24.4. The van der Waals surface area contributed by atoms with Crippen LogP contribution in [0, 0.1) is 0 Å². The fourth-order valence-electron chi connectivity index (χ4n) is 5.70. The first-order valence-electron chi connectivity index (χ1n) is 13.9. The van der Waals surface area contributed by atoms with Crippen molar-refractivity contribution >= 4 is 6.09 Å². The fourth-order valence-corrected chi connectivity index (χ4v) is 5.70. The van der Waals surface area contributed by atoms with Gasteiger partial charge in [0.05, 0.1) is 18.8 Å². The van der Waals surface area contributed by atoms with Crippen LogP contribution in [0.4, 0.5) is 4.79 Å². The van der Waals surface area contributed by atoms with Gasteiger partial charge in [-0.25, -0.2) is 9.48 Å². The highest BCUT2D eigenvalue weighted by atomic mass is 16.6. The lowest BCUT2D eigenvalue weighted by Crippen LogP contribution is -2.31. The molecule has 2 fully saturated rings. The first-order chi connectivity index (χ1) is 18.8. The van der Waals surface area contributed by atoms with Crippen LogP contribution in [0.5, 0.6) is 5.75 Å². The molecule has 1 aliphatic heterocycles. The summed E-state index contributed by atoms with van der Waals surface area (Å²) in [5.74, 6) is 3.48. The molecule has 0 bridgehead atoms. The van der Waals surface area contributed by atoms with E-state index in [2.05, 4.69) is 51.1 Å². The van der Waals surface area contributed by atoms with Crippen LogP contribution < -0.4 is 10.5 Å². The van der Waals surface area contributed by atoms with E-state index in [4.69, 9.17) is 19.9 Å². The molecule has 11 nitrogen and oxygen atoms in total. The van der Waals surface area contributed by atoms with Crippen molar-refractivity contribution in [3.8, 4) is 5.75 Å². The molecule has 1 saturated carbocycles. The van der Waals surface area contributed by atoms with Crippen molar-refractivity contribution in [3.05, 3.63) is 53.4 Å². The van der Waals surface area contributed by atoms with E-state index in [1.54, 1.807) is 0 Å². The maximum atomic E-state index is 11.0. The van der Waals surface area contributed by atoms with Gasteiger partial charge in [-0.3, -0.25) is 0 Å². The van der Waals surface area contributed by atoms with Crippen LogP contribution in [0.2, 0.25) is 0 Å². The molecule has 1 aromatic carbocycles. The Bertz CT molecular complexity index is 1260. The summed E-state index contributed by atoms with van der Waals surface area (Å²) < 4.78 is 21.2. The van der Waals surface area contributed by atoms with Crippen LogP contribution in [0.25, 0.3) is 0 Å². The molecule has 5 rings (SSSR count). The van der Waals surface area contributed by atoms with E-state index in [1.165, 1.54) is 5.56 Å². The third-order valence-electron chi connectivity index (χ3n) is 7.95. The molecule has 0 spiro atoms. The van der Waals surface area contributed by atoms with E-state index in [0.29, 0.717) is 37.3 Å². The van der Waals surface area contributed by atoms with Gasteiger partial charge in [-0.05, 0) is 69.1 Å². The van der Waals surface area contributed by atoms with E-state index in [0.717, 1.165) is 48.8 Å². The zero-order valence-electron chi connectivity index (χ0n) is 23.2. The molecule has 2 aromatic heterocycles. The average Bonchev–Trinajstić information content (AvgIpc) is 3.56. The van der Waals surface area contributed by atoms with Gasteiger partial charge in [-0.15, -0.1) is 15.3 Å². The van der Waals surface area contributed by atoms with Crippen LogP contribution >= 0.6 is 0 Å². The Kier molecular flexibility index (Phi) is 8.15. The van der Waals surface area contributed by atoms with Gasteiger partial charge in [0.1, 0.15) is 29.5 Å². The van der Waals surface area contributed by atoms with Crippen LogP contribution in [-0.4, -0.2) is 48.6 Å². The smallest absolute Gasteiger partial charge is 0.404 e. The number of hydrogen-bond donors (Lipinski definition) is 1. The summed E-state index contributed by atoms with van der Waals surface area (Å²) in [6.07, 6.45) is 5.98. The van der Waals surface area contributed by atoms with Crippen molar-refractivity contribution in [1.82, 2.24) is 29.8 Å². The summed E-state index contributed by atoms with van der Waals surface area (Å²) in [6.45, 7) is 6.70. The summed E-state index contributed by atoms with van der Waals surface area (Å²) in [5, 5.41) is 17.9. The summed E-state index contributed by atoms with van der Waals surface area (Å²) in [4.78, 5) is 11.0. The lowest BCUT2D eigenvalue weighted by atomic mass is 9.85. The van der Waals surface area contributed by atoms with E-state index >= 15 is 0 Å². The second-order valence-electron chi connectivity index (χ2n) is 11.0. The Morgan fingerprint density at radius 3 is 2.56 bits per heavy atom. The molecule has 1 unspecified atom stereocenters. The molecule has 0 radical (unpaired) electrons. The Labute approximate surface area is 229 Å². The number of rotatable bonds is 8. The van der Waals surface area contributed by atoms with Crippen LogP contribution in [0.3, 0.4) is 0 Å². The molecular formula is C28H39N7O4. The van der Waals surface area contributed by atoms with Crippen molar-refractivity contribution in [3.63, 3.8) is 0 Å². The van der Waals surface area contributed by atoms with E-state index in [9.17, 15) is 4.79 Å². The van der Waals surface area contributed by atoms with Gasteiger partial charge in [0, 0.05) is 13.0 Å². The third-order valence-corrected chi connectivity index (χ3v) is 7.95. The van der Waals surface area contributed by atoms with Gasteiger partial charge in [0.2, 0.25) is 0 Å². The Hall–Kier alpha value is -3.47. The molecule has 2 aliphatic rings. The number of aromatic nitrogens is 6. The summed E-state index contributed by atoms with van der Waals surface area (Å²) in [6, 6.07) is 8.55. The molecule has 3 atom stereocenters. The highest BCUT2D eigenvalue weighted by Gasteiger charge is 2.31. The molecule has 210 valence electrons. The number of hydrogen-bond acceptors (Lipinski definition) is 8. The minimum Gasteiger partial charge on any atom is -0.483 e. The van der Waals surface area contributed by atoms with Crippen LogP contribution in [0.15, 0.2) is 30.5 Å². The number of nitrogens with two attached hydrogens (primary N) is 1. The van der Waals surface area contributed by atoms with Gasteiger partial charge < -0.3 is 24.5 Å². The highest BCUT2D eigenvalue weighted by Crippen LogP contribution is 2.38. The van der Waals surface area contributed by atoms with Crippen LogP contribution in [-0.2, 0) is 16.5 Å². The van der Waals surface area contributed by atoms with Crippen LogP contribution in [0.1, 0.15) is 112 Å². The number of carbonyl (C=O) groups is 1. The zero-order chi connectivity index (χ0) is 27.5. The fraction of sp³-hybridized carbons (Fsp3) is 0.607. The number of primary amides is 1. The van der Waals surface area contributed by atoms with E-state index in [-0.39, 0.29) is 18.3 Å². The molecule has 1 saturated heterocycles. The van der Waals surface area contributed by atoms with E-state index < -0.39 is 6.09 Å². The molecule has 1 amide bonds. The number of nitrogens with zero attached hydrogens (tertiary/aromatic N) is 6. The molecule has 1 aliphatic carbocycles. The number of ether oxygens (including phenoxy) is 3. The van der Waals surface area contributed by atoms with Crippen molar-refractivity contribution < 1.29 is 19.0 Å². The SMILES string of the molecule is CC(C)c1cccc(OC(C)c2nnc(C3CCC(n4cc([C@@H]5CC[C@@H](OC(N)=O)CO5)nn4)CC3)n2C)c1. The second kappa shape index (κ2) is 11.7. The molecule has 11 heteroatoms. The lowest BCUT2D eigenvalue weighted by molar-refractivity contribution is -0.0617. The first-order valence-corrected chi connectivity index (χ1v) is 13.9. The average molecular weight is 538 g/mol. The van der Waals surface area contributed by atoms with Gasteiger partial charge >= 0.3 is 6.09 Å². The number of amides is 1. The molecule has 2 N–H and O–H groups in total. The topological polar surface area (TPSA) is 132 Å². The minimum absolute atomic E-state index is 0.142. The maximum Gasteiger partial charge on any atom is 0.404 e. The monoisotopic (exact) mass is 537 g/mol. The predicted octanol–water partition coefficient (Wildman–Crippen LogP) is 4.88. The number of benzene rings is 1. The van der Waals surface area contributed by atoms with Crippen molar-refractivity contribution in [2.75, 3.05) is 6.61 Å². The Morgan fingerprint density at radius 2 is 1.87 bits per heavy atom. The Balaban J connectivity index is 1.15. The molecular weight excluding hydrogens is 498 g/mol. The molecule has 39 heavy (non-hydrogen) atoms. The van der Waals surface area contributed by atoms with Gasteiger partial charge in [-0.2, -0.15) is 0 Å². The highest BCUT2D eigenvalue weighted by molar-refractivity contribution is 5.64. The quantitative estimate of drug-likeness (QED) is 0.430. The van der Waals surface area contributed by atoms with Gasteiger partial charge in [0.25, 0.3) is 0 Å². The molecule has 3 heterocycles. The van der Waals surface area contributed by atoms with E-state index in [1.807, 2.05) is 37.0 Å². The maximum absolute atomic E-state index is 11.0. The lowest BCUT2D eigenvalue weighted by Gasteiger charge is -2.28. The van der Waals surface area contributed by atoms with Crippen molar-refractivity contribution in [2.45, 2.75) is 95.5 Å². The Morgan fingerprint density at radius 1 is 1.08 bits per heavy atom. The third kappa shape index (κ3) is 6.24. The largest absolute Gasteiger partial charge is 0.483 e. The number of carbonyl (C=O) groups excluding carboxylic acids is 1.